The van der Waals surface area contributed by atoms with E-state index in [4.69, 9.17) is 14.6 Å². The van der Waals surface area contributed by atoms with Gasteiger partial charge in [0.2, 0.25) is 0 Å². The Bertz CT molecular complexity index is 610. The van der Waals surface area contributed by atoms with Gasteiger partial charge in [0.05, 0.1) is 24.3 Å². The molecular weight excluding hydrogens is 268 g/mol. The van der Waals surface area contributed by atoms with Crippen molar-refractivity contribution >= 4 is 5.97 Å². The highest BCUT2D eigenvalue weighted by atomic mass is 16.5. The molecule has 0 unspecified atom stereocenters. The summed E-state index contributed by atoms with van der Waals surface area (Å²) in [6, 6.07) is 12.3. The fourth-order valence-corrected chi connectivity index (χ4v) is 2.15. The van der Waals surface area contributed by atoms with Crippen LogP contribution in [0.5, 0.6) is 11.5 Å². The summed E-state index contributed by atoms with van der Waals surface area (Å²) in [4.78, 5) is 11.1. The Kier molecular flexibility index (Phi) is 4.82. The van der Waals surface area contributed by atoms with Crippen LogP contribution < -0.4 is 9.47 Å². The average molecular weight is 286 g/mol. The lowest BCUT2D eigenvalue weighted by molar-refractivity contribution is 0.0697. The van der Waals surface area contributed by atoms with Crippen molar-refractivity contribution in [1.29, 1.82) is 0 Å². The summed E-state index contributed by atoms with van der Waals surface area (Å²) in [5.41, 5.74) is 1.79. The fourth-order valence-electron chi connectivity index (χ4n) is 2.15. The molecule has 110 valence electrons. The molecule has 4 heteroatoms. The van der Waals surface area contributed by atoms with E-state index in [-0.39, 0.29) is 5.56 Å². The number of rotatable bonds is 6. The predicted molar refractivity (Wildman–Crippen MR) is 81.2 cm³/mol. The molecule has 0 aliphatic heterocycles. The fraction of sp³-hybridized carbons (Fsp3) is 0.235. The van der Waals surface area contributed by atoms with Crippen LogP contribution in [0, 0.1) is 0 Å². The molecule has 2 rings (SSSR count). The molecule has 0 spiro atoms. The van der Waals surface area contributed by atoms with E-state index in [9.17, 15) is 4.79 Å². The zero-order valence-corrected chi connectivity index (χ0v) is 12.1. The molecule has 4 nitrogen and oxygen atoms in total. The molecule has 0 aromatic heterocycles. The minimum absolute atomic E-state index is 0.237. The maximum absolute atomic E-state index is 11.1. The van der Waals surface area contributed by atoms with E-state index in [1.54, 1.807) is 18.2 Å². The second-order valence-electron chi connectivity index (χ2n) is 4.38. The van der Waals surface area contributed by atoms with Gasteiger partial charge in [-0.2, -0.15) is 0 Å². The Morgan fingerprint density at radius 1 is 1.00 bits per heavy atom. The van der Waals surface area contributed by atoms with Gasteiger partial charge in [0.15, 0.2) is 0 Å². The smallest absolute Gasteiger partial charge is 0.335 e. The summed E-state index contributed by atoms with van der Waals surface area (Å²) in [5, 5.41) is 9.14. The number of hydrogen-bond acceptors (Lipinski definition) is 3. The molecule has 0 saturated heterocycles. The van der Waals surface area contributed by atoms with Gasteiger partial charge < -0.3 is 14.6 Å². The molecule has 0 atom stereocenters. The lowest BCUT2D eigenvalue weighted by atomic mass is 10.0. The number of carboxylic acid groups (broad SMARTS) is 1. The molecule has 0 aliphatic carbocycles. The number of carbonyl (C=O) groups is 1. The summed E-state index contributed by atoms with van der Waals surface area (Å²) in [7, 11) is 0. The van der Waals surface area contributed by atoms with E-state index in [0.717, 1.165) is 11.1 Å². The third-order valence-corrected chi connectivity index (χ3v) is 2.99. The second-order valence-corrected chi connectivity index (χ2v) is 4.38. The Balaban J connectivity index is 2.59. The van der Waals surface area contributed by atoms with Crippen LogP contribution in [0.25, 0.3) is 11.1 Å². The van der Waals surface area contributed by atoms with Crippen LogP contribution in [0.1, 0.15) is 24.2 Å². The first-order valence-corrected chi connectivity index (χ1v) is 6.89. The van der Waals surface area contributed by atoms with Crippen molar-refractivity contribution in [3.05, 3.63) is 48.0 Å². The summed E-state index contributed by atoms with van der Waals surface area (Å²) in [6.07, 6.45) is 0. The number of carboxylic acids is 1. The summed E-state index contributed by atoms with van der Waals surface area (Å²) in [6.45, 7) is 4.87. The van der Waals surface area contributed by atoms with Gasteiger partial charge in [0, 0.05) is 0 Å². The van der Waals surface area contributed by atoms with E-state index < -0.39 is 5.97 Å². The van der Waals surface area contributed by atoms with Gasteiger partial charge in [0.1, 0.15) is 11.5 Å². The second kappa shape index (κ2) is 6.79. The van der Waals surface area contributed by atoms with Crippen LogP contribution in [-0.2, 0) is 0 Å². The molecule has 1 N–H and O–H groups in total. The molecule has 0 radical (unpaired) electrons. The van der Waals surface area contributed by atoms with Crippen LogP contribution in [0.4, 0.5) is 0 Å². The maximum Gasteiger partial charge on any atom is 0.335 e. The monoisotopic (exact) mass is 286 g/mol. The van der Waals surface area contributed by atoms with E-state index in [2.05, 4.69) is 0 Å². The first-order valence-electron chi connectivity index (χ1n) is 6.89. The first kappa shape index (κ1) is 14.9. The van der Waals surface area contributed by atoms with Crippen LogP contribution in [0.3, 0.4) is 0 Å². The summed E-state index contributed by atoms with van der Waals surface area (Å²) in [5.74, 6) is 0.417. The minimum atomic E-state index is -0.955. The maximum atomic E-state index is 11.1. The van der Waals surface area contributed by atoms with Crippen molar-refractivity contribution < 1.29 is 19.4 Å². The van der Waals surface area contributed by atoms with E-state index in [1.165, 1.54) is 0 Å². The lowest BCUT2D eigenvalue weighted by Gasteiger charge is -2.15. The number of benzene rings is 2. The summed E-state index contributed by atoms with van der Waals surface area (Å²) < 4.78 is 11.3. The highest BCUT2D eigenvalue weighted by molar-refractivity contribution is 5.90. The van der Waals surface area contributed by atoms with Gasteiger partial charge in [0.25, 0.3) is 0 Å². The highest BCUT2D eigenvalue weighted by Gasteiger charge is 2.14. The molecule has 2 aromatic rings. The predicted octanol–water partition coefficient (Wildman–Crippen LogP) is 3.85. The van der Waals surface area contributed by atoms with Gasteiger partial charge in [-0.15, -0.1) is 0 Å². The van der Waals surface area contributed by atoms with Crippen molar-refractivity contribution in [3.63, 3.8) is 0 Å². The zero-order valence-electron chi connectivity index (χ0n) is 12.1. The van der Waals surface area contributed by atoms with Gasteiger partial charge >= 0.3 is 5.97 Å². The number of ether oxygens (including phenoxy) is 2. The molecule has 2 aromatic carbocycles. The topological polar surface area (TPSA) is 55.8 Å². The van der Waals surface area contributed by atoms with Crippen LogP contribution in [0.2, 0.25) is 0 Å². The zero-order chi connectivity index (χ0) is 15.2. The van der Waals surface area contributed by atoms with Crippen LogP contribution in [-0.4, -0.2) is 24.3 Å². The van der Waals surface area contributed by atoms with Crippen LogP contribution in [0.15, 0.2) is 42.5 Å². The Hall–Kier alpha value is -2.49. The quantitative estimate of drug-likeness (QED) is 0.876. The largest absolute Gasteiger partial charge is 0.493 e. The molecule has 0 saturated carbocycles. The number of hydrogen-bond donors (Lipinski definition) is 1. The van der Waals surface area contributed by atoms with Gasteiger partial charge in [-0.25, -0.2) is 4.79 Å². The summed E-state index contributed by atoms with van der Waals surface area (Å²) >= 11 is 0. The third kappa shape index (κ3) is 3.34. The Labute approximate surface area is 123 Å². The minimum Gasteiger partial charge on any atom is -0.493 e. The molecular formula is C17H18O4. The van der Waals surface area contributed by atoms with Crippen molar-refractivity contribution in [1.82, 2.24) is 0 Å². The standard InChI is InChI=1S/C17H18O4/c1-3-20-14-9-6-10-15(21-4-2)16(14)12-7-5-8-13(11-12)17(18)19/h5-11H,3-4H2,1-2H3,(H,18,19). The van der Waals surface area contributed by atoms with Crippen molar-refractivity contribution in [3.8, 4) is 22.6 Å². The molecule has 0 bridgehead atoms. The van der Waals surface area contributed by atoms with E-state index >= 15 is 0 Å². The average Bonchev–Trinajstić information content (AvgIpc) is 2.48. The van der Waals surface area contributed by atoms with E-state index in [0.29, 0.717) is 24.7 Å². The molecule has 0 fully saturated rings. The van der Waals surface area contributed by atoms with Crippen molar-refractivity contribution in [2.45, 2.75) is 13.8 Å². The van der Waals surface area contributed by atoms with Gasteiger partial charge in [-0.05, 0) is 43.7 Å². The molecule has 0 heterocycles. The van der Waals surface area contributed by atoms with Crippen molar-refractivity contribution in [2.75, 3.05) is 13.2 Å². The van der Waals surface area contributed by atoms with Gasteiger partial charge in [-0.3, -0.25) is 0 Å². The van der Waals surface area contributed by atoms with Crippen LogP contribution >= 0.6 is 0 Å². The number of aromatic carboxylic acids is 1. The first-order chi connectivity index (χ1) is 10.2. The lowest BCUT2D eigenvalue weighted by Crippen LogP contribution is -2.00. The van der Waals surface area contributed by atoms with Crippen molar-refractivity contribution in [2.24, 2.45) is 0 Å². The van der Waals surface area contributed by atoms with Gasteiger partial charge in [-0.1, -0.05) is 18.2 Å². The van der Waals surface area contributed by atoms with E-state index in [1.807, 2.05) is 38.1 Å². The SMILES string of the molecule is CCOc1cccc(OCC)c1-c1cccc(C(=O)O)c1. The highest BCUT2D eigenvalue weighted by Crippen LogP contribution is 2.38. The third-order valence-electron chi connectivity index (χ3n) is 2.99. The normalized spacial score (nSPS) is 10.2. The molecule has 21 heavy (non-hydrogen) atoms. The molecule has 0 aliphatic rings. The Morgan fingerprint density at radius 3 is 2.10 bits per heavy atom. The Morgan fingerprint density at radius 2 is 1.57 bits per heavy atom. The molecule has 0 amide bonds.